The molecule has 0 aromatic heterocycles. The van der Waals surface area contributed by atoms with Gasteiger partial charge < -0.3 is 9.47 Å². The molecule has 0 aromatic carbocycles. The zero-order chi connectivity index (χ0) is 27.4. The van der Waals surface area contributed by atoms with Crippen molar-refractivity contribution in [2.75, 3.05) is 7.11 Å². The average molecular weight is 525 g/mol. The Morgan fingerprint density at radius 3 is 1.16 bits per heavy atom. The summed E-state index contributed by atoms with van der Waals surface area (Å²) in [6, 6.07) is 0. The highest BCUT2D eigenvalue weighted by Crippen LogP contribution is 2.24. The summed E-state index contributed by atoms with van der Waals surface area (Å²) in [4.78, 5) is 24.3. The highest BCUT2D eigenvalue weighted by Gasteiger charge is 2.30. The Labute approximate surface area is 231 Å². The van der Waals surface area contributed by atoms with E-state index in [1.807, 2.05) is 0 Å². The van der Waals surface area contributed by atoms with Crippen molar-refractivity contribution in [2.24, 2.45) is 5.92 Å². The molecule has 37 heavy (non-hydrogen) atoms. The highest BCUT2D eigenvalue weighted by atomic mass is 16.6. The van der Waals surface area contributed by atoms with Gasteiger partial charge in [-0.05, 0) is 19.3 Å². The number of methoxy groups -OCH3 is 1. The van der Waals surface area contributed by atoms with Crippen LogP contribution < -0.4 is 0 Å². The minimum absolute atomic E-state index is 0.225. The van der Waals surface area contributed by atoms with Crippen LogP contribution in [0.3, 0.4) is 0 Å². The summed E-state index contributed by atoms with van der Waals surface area (Å²) in [5.74, 6) is -0.853. The minimum atomic E-state index is -0.351. The van der Waals surface area contributed by atoms with Gasteiger partial charge in [0.25, 0.3) is 0 Å². The fraction of sp³-hybridized carbons (Fsp3) is 0.939. The van der Waals surface area contributed by atoms with Gasteiger partial charge in [0.15, 0.2) is 0 Å². The molecule has 4 nitrogen and oxygen atoms in total. The second kappa shape index (κ2) is 28.0. The van der Waals surface area contributed by atoms with Gasteiger partial charge in [-0.2, -0.15) is 0 Å². The maximum absolute atomic E-state index is 12.5. The number of unbranched alkanes of at least 4 members (excludes halogenated alkanes) is 21. The Balaban J connectivity index is 4.12. The zero-order valence-electron chi connectivity index (χ0n) is 25.5. The molecule has 0 aliphatic carbocycles. The summed E-state index contributed by atoms with van der Waals surface area (Å²) in [6.07, 6.45) is 30.9. The molecule has 0 heterocycles. The van der Waals surface area contributed by atoms with E-state index in [9.17, 15) is 9.59 Å². The summed E-state index contributed by atoms with van der Waals surface area (Å²) in [5, 5.41) is 0. The van der Waals surface area contributed by atoms with Crippen molar-refractivity contribution in [1.29, 1.82) is 0 Å². The van der Waals surface area contributed by atoms with E-state index in [1.54, 1.807) is 0 Å². The number of esters is 2. The lowest BCUT2D eigenvalue weighted by atomic mass is 9.91. The molecule has 0 radical (unpaired) electrons. The molecule has 0 N–H and O–H groups in total. The fourth-order valence-corrected chi connectivity index (χ4v) is 5.38. The van der Waals surface area contributed by atoms with E-state index in [0.29, 0.717) is 0 Å². The van der Waals surface area contributed by atoms with E-state index in [1.165, 1.54) is 136 Å². The fourth-order valence-electron chi connectivity index (χ4n) is 5.38. The predicted octanol–water partition coefficient (Wildman–Crippen LogP) is 10.5. The van der Waals surface area contributed by atoms with E-state index in [-0.39, 0.29) is 24.0 Å². The molecule has 0 saturated carbocycles. The molecule has 0 bridgehead atoms. The SMILES string of the molecule is CCCCCCCCCCCCCCCC(OC(C)=O)C(CCCCCCCCCCCC)C(=O)OC. The summed E-state index contributed by atoms with van der Waals surface area (Å²) < 4.78 is 10.8. The molecule has 2 unspecified atom stereocenters. The van der Waals surface area contributed by atoms with E-state index in [0.717, 1.165) is 38.5 Å². The topological polar surface area (TPSA) is 52.6 Å². The van der Waals surface area contributed by atoms with Gasteiger partial charge in [-0.25, -0.2) is 0 Å². The zero-order valence-corrected chi connectivity index (χ0v) is 25.5. The lowest BCUT2D eigenvalue weighted by molar-refractivity contribution is -0.160. The van der Waals surface area contributed by atoms with Crippen LogP contribution in [0.25, 0.3) is 0 Å². The minimum Gasteiger partial charge on any atom is -0.469 e. The monoisotopic (exact) mass is 524 g/mol. The third-order valence-electron chi connectivity index (χ3n) is 7.73. The molecular weight excluding hydrogens is 460 g/mol. The maximum Gasteiger partial charge on any atom is 0.312 e. The molecular formula is C33H64O4. The van der Waals surface area contributed by atoms with Crippen molar-refractivity contribution in [3.8, 4) is 0 Å². The molecule has 0 aromatic rings. The van der Waals surface area contributed by atoms with Crippen molar-refractivity contribution in [1.82, 2.24) is 0 Å². The van der Waals surface area contributed by atoms with Gasteiger partial charge >= 0.3 is 11.9 Å². The Kier molecular flexibility index (Phi) is 27.2. The summed E-state index contributed by atoms with van der Waals surface area (Å²) in [5.41, 5.74) is 0. The van der Waals surface area contributed by atoms with Crippen LogP contribution in [0.2, 0.25) is 0 Å². The van der Waals surface area contributed by atoms with Gasteiger partial charge in [0.05, 0.1) is 13.0 Å². The van der Waals surface area contributed by atoms with Crippen LogP contribution in [-0.2, 0) is 19.1 Å². The van der Waals surface area contributed by atoms with Gasteiger partial charge in [0, 0.05) is 6.92 Å². The number of carbonyl (C=O) groups excluding carboxylic acids is 2. The predicted molar refractivity (Wildman–Crippen MR) is 158 cm³/mol. The number of carbonyl (C=O) groups is 2. The first-order chi connectivity index (χ1) is 18.1. The van der Waals surface area contributed by atoms with Crippen LogP contribution in [0, 0.1) is 5.92 Å². The highest BCUT2D eigenvalue weighted by molar-refractivity contribution is 5.74. The smallest absolute Gasteiger partial charge is 0.312 e. The first-order valence-corrected chi connectivity index (χ1v) is 16.3. The van der Waals surface area contributed by atoms with Crippen molar-refractivity contribution < 1.29 is 19.1 Å². The Morgan fingerprint density at radius 1 is 0.514 bits per heavy atom. The van der Waals surface area contributed by atoms with Gasteiger partial charge in [-0.3, -0.25) is 9.59 Å². The lowest BCUT2D eigenvalue weighted by Gasteiger charge is -2.25. The van der Waals surface area contributed by atoms with Crippen LogP contribution in [0.4, 0.5) is 0 Å². The number of rotatable bonds is 28. The summed E-state index contributed by atoms with van der Waals surface area (Å²) >= 11 is 0. The number of hydrogen-bond donors (Lipinski definition) is 0. The van der Waals surface area contributed by atoms with Crippen LogP contribution in [0.5, 0.6) is 0 Å². The van der Waals surface area contributed by atoms with E-state index < -0.39 is 0 Å². The second-order valence-electron chi connectivity index (χ2n) is 11.3. The van der Waals surface area contributed by atoms with Crippen LogP contribution in [0.1, 0.15) is 181 Å². The molecule has 2 atom stereocenters. The van der Waals surface area contributed by atoms with Crippen molar-refractivity contribution in [3.63, 3.8) is 0 Å². The summed E-state index contributed by atoms with van der Waals surface area (Å²) in [6.45, 7) is 5.98. The van der Waals surface area contributed by atoms with Gasteiger partial charge in [-0.1, -0.05) is 155 Å². The molecule has 0 aliphatic heterocycles. The molecule has 0 amide bonds. The van der Waals surface area contributed by atoms with Crippen LogP contribution in [-0.4, -0.2) is 25.2 Å². The van der Waals surface area contributed by atoms with E-state index >= 15 is 0 Å². The average Bonchev–Trinajstić information content (AvgIpc) is 2.88. The van der Waals surface area contributed by atoms with Crippen LogP contribution in [0.15, 0.2) is 0 Å². The van der Waals surface area contributed by atoms with Crippen molar-refractivity contribution in [2.45, 2.75) is 187 Å². The van der Waals surface area contributed by atoms with E-state index in [4.69, 9.17) is 9.47 Å². The Morgan fingerprint density at radius 2 is 0.838 bits per heavy atom. The first kappa shape index (κ1) is 35.9. The molecule has 0 spiro atoms. The summed E-state index contributed by atoms with van der Waals surface area (Å²) in [7, 11) is 1.45. The molecule has 0 rings (SSSR count). The van der Waals surface area contributed by atoms with Crippen molar-refractivity contribution >= 4 is 11.9 Å². The number of ether oxygens (including phenoxy) is 2. The van der Waals surface area contributed by atoms with E-state index in [2.05, 4.69) is 13.8 Å². The maximum atomic E-state index is 12.5. The van der Waals surface area contributed by atoms with Gasteiger partial charge in [-0.15, -0.1) is 0 Å². The largest absolute Gasteiger partial charge is 0.469 e. The third kappa shape index (κ3) is 23.8. The molecule has 0 fully saturated rings. The quantitative estimate of drug-likeness (QED) is 0.0754. The molecule has 0 aliphatic rings. The van der Waals surface area contributed by atoms with Crippen molar-refractivity contribution in [3.05, 3.63) is 0 Å². The molecule has 220 valence electrons. The standard InChI is InChI=1S/C33H64O4/c1-5-7-9-11-13-15-17-18-19-21-23-25-27-29-32(37-30(3)34)31(33(35)36-4)28-26-24-22-20-16-14-12-10-8-6-2/h31-32H,5-29H2,1-4H3. The first-order valence-electron chi connectivity index (χ1n) is 16.3. The normalized spacial score (nSPS) is 12.9. The number of hydrogen-bond acceptors (Lipinski definition) is 4. The third-order valence-corrected chi connectivity index (χ3v) is 7.73. The lowest BCUT2D eigenvalue weighted by Crippen LogP contribution is -2.33. The Hall–Kier alpha value is -1.06. The Bertz CT molecular complexity index is 505. The molecule has 0 saturated heterocycles. The van der Waals surface area contributed by atoms with Gasteiger partial charge in [0.2, 0.25) is 0 Å². The molecule has 4 heteroatoms. The van der Waals surface area contributed by atoms with Gasteiger partial charge in [0.1, 0.15) is 6.10 Å². The van der Waals surface area contributed by atoms with Crippen LogP contribution >= 0.6 is 0 Å². The second-order valence-corrected chi connectivity index (χ2v) is 11.3.